The van der Waals surface area contributed by atoms with Gasteiger partial charge in [0.15, 0.2) is 5.65 Å². The summed E-state index contributed by atoms with van der Waals surface area (Å²) in [6.07, 6.45) is 5.81. The topological polar surface area (TPSA) is 55.1 Å². The van der Waals surface area contributed by atoms with Crippen LogP contribution >= 0.6 is 0 Å². The van der Waals surface area contributed by atoms with E-state index in [1.54, 1.807) is 6.20 Å². The molecule has 0 unspecified atom stereocenters. The normalized spacial score (nSPS) is 21.7. The van der Waals surface area contributed by atoms with Gasteiger partial charge < -0.3 is 9.32 Å². The lowest BCUT2D eigenvalue weighted by molar-refractivity contribution is 0.321. The van der Waals surface area contributed by atoms with Gasteiger partial charge >= 0.3 is 0 Å². The van der Waals surface area contributed by atoms with Gasteiger partial charge in [0, 0.05) is 24.3 Å². The monoisotopic (exact) mass is 308 g/mol. The number of hydrogen-bond donors (Lipinski definition) is 0. The van der Waals surface area contributed by atoms with Gasteiger partial charge in [-0.2, -0.15) is 4.98 Å². The summed E-state index contributed by atoms with van der Waals surface area (Å²) in [5.41, 5.74) is 0.741. The predicted molar refractivity (Wildman–Crippen MR) is 89.3 cm³/mol. The first-order valence-electron chi connectivity index (χ1n) is 8.11. The summed E-state index contributed by atoms with van der Waals surface area (Å²) in [5, 5.41) is 0.965. The third-order valence-corrected chi connectivity index (χ3v) is 4.55. The summed E-state index contributed by atoms with van der Waals surface area (Å²) in [7, 11) is 0. The number of hydrogen-bond acceptors (Lipinski definition) is 5. The van der Waals surface area contributed by atoms with Gasteiger partial charge in [-0.15, -0.1) is 0 Å². The minimum atomic E-state index is 0.189. The molecule has 0 amide bonds. The number of piperidine rings is 1. The molecule has 0 radical (unpaired) electrons. The lowest BCUT2D eigenvalue weighted by Crippen LogP contribution is -2.37. The summed E-state index contributed by atoms with van der Waals surface area (Å²) < 4.78 is 5.90. The molecule has 1 fully saturated rings. The summed E-state index contributed by atoms with van der Waals surface area (Å²) in [6, 6.07) is 8.17. The average molecular weight is 308 g/mol. The highest BCUT2D eigenvalue weighted by Gasteiger charge is 2.31. The highest BCUT2D eigenvalue weighted by Crippen LogP contribution is 2.36. The number of rotatable bonds is 2. The molecule has 0 N–H and O–H groups in total. The van der Waals surface area contributed by atoms with E-state index in [0.29, 0.717) is 5.92 Å². The van der Waals surface area contributed by atoms with E-state index in [1.165, 1.54) is 0 Å². The van der Waals surface area contributed by atoms with Crippen LogP contribution in [-0.4, -0.2) is 21.5 Å². The molecular weight excluding hydrogens is 288 g/mol. The Morgan fingerprint density at radius 1 is 1.22 bits per heavy atom. The SMILES string of the molecule is Cc1ccc([C@H]2C[C@H](C)CCN2c2ncc3cccnc3n2)o1. The quantitative estimate of drug-likeness (QED) is 0.718. The smallest absolute Gasteiger partial charge is 0.228 e. The average Bonchev–Trinajstić information content (AvgIpc) is 3.01. The second-order valence-corrected chi connectivity index (χ2v) is 6.37. The van der Waals surface area contributed by atoms with Gasteiger partial charge in [0.05, 0.1) is 6.04 Å². The van der Waals surface area contributed by atoms with Crippen LogP contribution in [0.25, 0.3) is 11.0 Å². The first kappa shape index (κ1) is 14.2. The van der Waals surface area contributed by atoms with Crippen LogP contribution in [-0.2, 0) is 0 Å². The van der Waals surface area contributed by atoms with E-state index in [2.05, 4.69) is 32.8 Å². The molecule has 0 spiro atoms. The highest BCUT2D eigenvalue weighted by atomic mass is 16.3. The molecule has 0 aromatic carbocycles. The van der Waals surface area contributed by atoms with Crippen molar-refractivity contribution < 1.29 is 4.42 Å². The number of nitrogens with zero attached hydrogens (tertiary/aromatic N) is 4. The Balaban J connectivity index is 1.73. The third-order valence-electron chi connectivity index (χ3n) is 4.55. The fraction of sp³-hybridized carbons (Fsp3) is 0.389. The van der Waals surface area contributed by atoms with Crippen molar-refractivity contribution in [3.8, 4) is 0 Å². The van der Waals surface area contributed by atoms with Gasteiger partial charge in [-0.25, -0.2) is 9.97 Å². The molecule has 5 nitrogen and oxygen atoms in total. The maximum atomic E-state index is 5.90. The van der Waals surface area contributed by atoms with Crippen molar-refractivity contribution >= 4 is 17.0 Å². The van der Waals surface area contributed by atoms with Gasteiger partial charge in [0.25, 0.3) is 0 Å². The second-order valence-electron chi connectivity index (χ2n) is 6.37. The lowest BCUT2D eigenvalue weighted by atomic mass is 9.91. The zero-order valence-corrected chi connectivity index (χ0v) is 13.4. The van der Waals surface area contributed by atoms with Crippen LogP contribution in [0.1, 0.15) is 37.3 Å². The Kier molecular flexibility index (Phi) is 3.48. The zero-order chi connectivity index (χ0) is 15.8. The number of aryl methyl sites for hydroxylation is 1. The Labute approximate surface area is 135 Å². The van der Waals surface area contributed by atoms with Crippen molar-refractivity contribution in [2.45, 2.75) is 32.7 Å². The van der Waals surface area contributed by atoms with Crippen molar-refractivity contribution in [1.82, 2.24) is 15.0 Å². The Hall–Kier alpha value is -2.43. The summed E-state index contributed by atoms with van der Waals surface area (Å²) >= 11 is 0. The Bertz CT molecular complexity index is 829. The largest absolute Gasteiger partial charge is 0.464 e. The molecule has 4 rings (SSSR count). The molecule has 0 aliphatic carbocycles. The lowest BCUT2D eigenvalue weighted by Gasteiger charge is -2.37. The Morgan fingerprint density at radius 2 is 2.13 bits per heavy atom. The van der Waals surface area contributed by atoms with Crippen molar-refractivity contribution in [1.29, 1.82) is 0 Å². The Morgan fingerprint density at radius 3 is 2.96 bits per heavy atom. The second kappa shape index (κ2) is 5.65. The van der Waals surface area contributed by atoms with E-state index >= 15 is 0 Å². The molecule has 0 bridgehead atoms. The summed E-state index contributed by atoms with van der Waals surface area (Å²) in [4.78, 5) is 15.8. The minimum absolute atomic E-state index is 0.189. The number of anilines is 1. The molecule has 1 aliphatic heterocycles. The van der Waals surface area contributed by atoms with Crippen LogP contribution in [0.2, 0.25) is 0 Å². The molecule has 1 saturated heterocycles. The highest BCUT2D eigenvalue weighted by molar-refractivity contribution is 5.74. The molecule has 118 valence electrons. The van der Waals surface area contributed by atoms with Gasteiger partial charge in [0.2, 0.25) is 5.95 Å². The van der Waals surface area contributed by atoms with E-state index in [0.717, 1.165) is 47.9 Å². The number of pyridine rings is 1. The van der Waals surface area contributed by atoms with Crippen LogP contribution in [0.5, 0.6) is 0 Å². The molecular formula is C18H20N4O. The molecule has 3 aromatic rings. The predicted octanol–water partition coefficient (Wildman–Crippen LogP) is 3.90. The van der Waals surface area contributed by atoms with Crippen molar-refractivity contribution in [3.63, 3.8) is 0 Å². The molecule has 5 heteroatoms. The number of furan rings is 1. The maximum absolute atomic E-state index is 5.90. The molecule has 4 heterocycles. The van der Waals surface area contributed by atoms with E-state index in [1.807, 2.05) is 31.3 Å². The maximum Gasteiger partial charge on any atom is 0.228 e. The molecule has 23 heavy (non-hydrogen) atoms. The first-order chi connectivity index (χ1) is 11.2. The van der Waals surface area contributed by atoms with Crippen molar-refractivity contribution in [2.75, 3.05) is 11.4 Å². The van der Waals surface area contributed by atoms with E-state index < -0.39 is 0 Å². The van der Waals surface area contributed by atoms with Gasteiger partial charge in [-0.05, 0) is 49.9 Å². The summed E-state index contributed by atoms with van der Waals surface area (Å²) in [6.45, 7) is 5.21. The van der Waals surface area contributed by atoms with Gasteiger partial charge in [-0.3, -0.25) is 0 Å². The molecule has 1 aliphatic rings. The van der Waals surface area contributed by atoms with Gasteiger partial charge in [-0.1, -0.05) is 6.92 Å². The first-order valence-corrected chi connectivity index (χ1v) is 8.11. The summed E-state index contributed by atoms with van der Waals surface area (Å²) in [5.74, 6) is 3.35. The van der Waals surface area contributed by atoms with Crippen molar-refractivity contribution in [3.05, 3.63) is 48.2 Å². The standard InChI is InChI=1S/C18H20N4O/c1-12-7-9-22(15(10-12)16-6-5-13(2)23-16)18-20-11-14-4-3-8-19-17(14)21-18/h3-6,8,11-12,15H,7,9-10H2,1-2H3/t12-,15-/m1/s1. The van der Waals surface area contributed by atoms with Crippen LogP contribution in [0.4, 0.5) is 5.95 Å². The fourth-order valence-electron chi connectivity index (χ4n) is 3.28. The molecule has 2 atom stereocenters. The number of aromatic nitrogens is 3. The molecule has 3 aromatic heterocycles. The third kappa shape index (κ3) is 2.67. The van der Waals surface area contributed by atoms with Crippen LogP contribution < -0.4 is 4.90 Å². The fourth-order valence-corrected chi connectivity index (χ4v) is 3.28. The minimum Gasteiger partial charge on any atom is -0.464 e. The van der Waals surface area contributed by atoms with Crippen LogP contribution in [0, 0.1) is 12.8 Å². The van der Waals surface area contributed by atoms with Crippen LogP contribution in [0.15, 0.2) is 41.1 Å². The number of fused-ring (bicyclic) bond motifs is 1. The van der Waals surface area contributed by atoms with E-state index in [-0.39, 0.29) is 6.04 Å². The van der Waals surface area contributed by atoms with Crippen LogP contribution in [0.3, 0.4) is 0 Å². The molecule has 0 saturated carbocycles. The van der Waals surface area contributed by atoms with E-state index in [4.69, 9.17) is 4.42 Å². The van der Waals surface area contributed by atoms with Crippen molar-refractivity contribution in [2.24, 2.45) is 5.92 Å². The zero-order valence-electron chi connectivity index (χ0n) is 13.4. The van der Waals surface area contributed by atoms with E-state index in [9.17, 15) is 0 Å². The van der Waals surface area contributed by atoms with Gasteiger partial charge in [0.1, 0.15) is 11.5 Å².